The van der Waals surface area contributed by atoms with Crippen LogP contribution >= 0.6 is 11.6 Å². The van der Waals surface area contributed by atoms with E-state index < -0.39 is 29.8 Å². The standard InChI is InChI=1S/C18H18ClNO7/c1-8-4-9(21)5-12(20-7-13(22)23)18(8)17(24)14-10(25-2)6-11(26-3)15(19)16(14)27-18/h5-6,8,20H,4,7H2,1-3H3,(H,22,23)/t8-,18+/m1/s1. The minimum absolute atomic E-state index is 0.0645. The molecular formula is C18H18ClNO7. The fourth-order valence-electron chi connectivity index (χ4n) is 3.49. The molecule has 1 aromatic carbocycles. The number of carboxylic acids is 1. The van der Waals surface area contributed by atoms with E-state index in [1.807, 2.05) is 0 Å². The van der Waals surface area contributed by atoms with Gasteiger partial charge in [-0.1, -0.05) is 18.5 Å². The van der Waals surface area contributed by atoms with Gasteiger partial charge in [0.1, 0.15) is 28.6 Å². The van der Waals surface area contributed by atoms with E-state index in [1.54, 1.807) is 6.92 Å². The van der Waals surface area contributed by atoms with E-state index in [-0.39, 0.29) is 45.7 Å². The van der Waals surface area contributed by atoms with Gasteiger partial charge in [-0.3, -0.25) is 14.4 Å². The molecule has 8 nitrogen and oxygen atoms in total. The number of hydrogen-bond donors (Lipinski definition) is 2. The van der Waals surface area contributed by atoms with Crippen molar-refractivity contribution in [1.29, 1.82) is 0 Å². The number of methoxy groups -OCH3 is 2. The summed E-state index contributed by atoms with van der Waals surface area (Å²) in [5.41, 5.74) is -1.37. The first kappa shape index (κ1) is 19.0. The third kappa shape index (κ3) is 2.80. The normalized spacial score (nSPS) is 23.6. The van der Waals surface area contributed by atoms with Gasteiger partial charge < -0.3 is 24.6 Å². The summed E-state index contributed by atoms with van der Waals surface area (Å²) in [6, 6.07) is 1.48. The molecule has 144 valence electrons. The highest BCUT2D eigenvalue weighted by atomic mass is 35.5. The van der Waals surface area contributed by atoms with Gasteiger partial charge >= 0.3 is 5.97 Å². The zero-order chi connectivity index (χ0) is 19.9. The molecule has 1 spiro atoms. The number of benzene rings is 1. The fourth-order valence-corrected chi connectivity index (χ4v) is 3.76. The monoisotopic (exact) mass is 395 g/mol. The minimum atomic E-state index is -1.59. The summed E-state index contributed by atoms with van der Waals surface area (Å²) < 4.78 is 16.6. The second-order valence-corrected chi connectivity index (χ2v) is 6.72. The van der Waals surface area contributed by atoms with E-state index >= 15 is 0 Å². The fraction of sp³-hybridized carbons (Fsp3) is 0.389. The van der Waals surface area contributed by atoms with Crippen LogP contribution in [0.15, 0.2) is 17.8 Å². The second kappa shape index (κ2) is 6.77. The SMILES string of the molecule is COc1cc(OC)c2c(c1Cl)O[C@]1(C2=O)C(NCC(=O)O)=CC(=O)C[C@H]1C. The zero-order valence-corrected chi connectivity index (χ0v) is 15.7. The van der Waals surface area contributed by atoms with Gasteiger partial charge in [-0.15, -0.1) is 0 Å². The number of ketones is 2. The number of halogens is 1. The maximum Gasteiger partial charge on any atom is 0.322 e. The predicted molar refractivity (Wildman–Crippen MR) is 94.8 cm³/mol. The van der Waals surface area contributed by atoms with Crippen LogP contribution in [0.5, 0.6) is 17.2 Å². The van der Waals surface area contributed by atoms with Crippen LogP contribution in [-0.2, 0) is 9.59 Å². The first-order chi connectivity index (χ1) is 12.8. The summed E-state index contributed by atoms with van der Waals surface area (Å²) in [4.78, 5) is 36.5. The highest BCUT2D eigenvalue weighted by molar-refractivity contribution is 6.35. The average Bonchev–Trinajstić information content (AvgIpc) is 2.93. The van der Waals surface area contributed by atoms with E-state index in [0.29, 0.717) is 0 Å². The number of nitrogens with one attached hydrogen (secondary N) is 1. The summed E-state index contributed by atoms with van der Waals surface area (Å²) in [6.07, 6.45) is 1.28. The van der Waals surface area contributed by atoms with Crippen LogP contribution in [0.25, 0.3) is 0 Å². The summed E-state index contributed by atoms with van der Waals surface area (Å²) in [6.45, 7) is 1.21. The van der Waals surface area contributed by atoms with Crippen LogP contribution in [0.2, 0.25) is 5.02 Å². The maximum absolute atomic E-state index is 13.4. The smallest absolute Gasteiger partial charge is 0.322 e. The molecule has 0 saturated heterocycles. The quantitative estimate of drug-likeness (QED) is 0.776. The molecule has 9 heteroatoms. The van der Waals surface area contributed by atoms with Crippen molar-refractivity contribution in [2.24, 2.45) is 5.92 Å². The molecule has 2 N–H and O–H groups in total. The molecule has 2 aliphatic rings. The Balaban J connectivity index is 2.18. The molecule has 1 aliphatic heterocycles. The summed E-state index contributed by atoms with van der Waals surface area (Å²) in [7, 11) is 2.82. The van der Waals surface area contributed by atoms with E-state index in [9.17, 15) is 14.4 Å². The molecule has 3 rings (SSSR count). The largest absolute Gasteiger partial charge is 0.496 e. The van der Waals surface area contributed by atoms with Crippen LogP contribution in [0.4, 0.5) is 0 Å². The molecule has 1 heterocycles. The number of Topliss-reactive ketones (excluding diaryl/α,β-unsaturated/α-hetero) is 1. The predicted octanol–water partition coefficient (Wildman–Crippen LogP) is 1.84. The number of rotatable bonds is 5. The highest BCUT2D eigenvalue weighted by Gasteiger charge is 2.58. The molecule has 27 heavy (non-hydrogen) atoms. The first-order valence-electron chi connectivity index (χ1n) is 8.15. The maximum atomic E-state index is 13.4. The molecule has 1 aliphatic carbocycles. The number of fused-ring (bicyclic) bond motifs is 1. The molecule has 1 aromatic rings. The summed E-state index contributed by atoms with van der Waals surface area (Å²) in [5, 5.41) is 11.7. The van der Waals surface area contributed by atoms with Crippen LogP contribution < -0.4 is 19.5 Å². The Morgan fingerprint density at radius 1 is 1.37 bits per heavy atom. The van der Waals surface area contributed by atoms with Crippen molar-refractivity contribution >= 4 is 29.1 Å². The first-order valence-corrected chi connectivity index (χ1v) is 8.53. The molecule has 0 aromatic heterocycles. The lowest BCUT2D eigenvalue weighted by Crippen LogP contribution is -2.55. The molecular weight excluding hydrogens is 378 g/mol. The van der Waals surface area contributed by atoms with Crippen molar-refractivity contribution in [2.45, 2.75) is 18.9 Å². The lowest BCUT2D eigenvalue weighted by atomic mass is 9.74. The number of ether oxygens (including phenoxy) is 3. The van der Waals surface area contributed by atoms with E-state index in [0.717, 1.165) is 0 Å². The van der Waals surface area contributed by atoms with Crippen molar-refractivity contribution in [2.75, 3.05) is 20.8 Å². The van der Waals surface area contributed by atoms with E-state index in [1.165, 1.54) is 26.4 Å². The van der Waals surface area contributed by atoms with Crippen LogP contribution in [0, 0.1) is 5.92 Å². The second-order valence-electron chi connectivity index (χ2n) is 6.34. The molecule has 0 fully saturated rings. The third-order valence-corrected chi connectivity index (χ3v) is 5.11. The summed E-state index contributed by atoms with van der Waals surface area (Å²) >= 11 is 6.34. The van der Waals surface area contributed by atoms with Crippen molar-refractivity contribution in [3.05, 3.63) is 28.4 Å². The van der Waals surface area contributed by atoms with Gasteiger partial charge in [0, 0.05) is 24.5 Å². The van der Waals surface area contributed by atoms with E-state index in [2.05, 4.69) is 5.32 Å². The van der Waals surface area contributed by atoms with Crippen LogP contribution in [0.3, 0.4) is 0 Å². The molecule has 0 radical (unpaired) electrons. The lowest BCUT2D eigenvalue weighted by Gasteiger charge is -2.37. The van der Waals surface area contributed by atoms with Gasteiger partial charge in [0.05, 0.1) is 19.9 Å². The van der Waals surface area contributed by atoms with Gasteiger partial charge in [0.2, 0.25) is 11.4 Å². The van der Waals surface area contributed by atoms with Gasteiger partial charge in [-0.25, -0.2) is 0 Å². The van der Waals surface area contributed by atoms with Crippen molar-refractivity contribution in [1.82, 2.24) is 5.32 Å². The number of aliphatic carboxylic acids is 1. The Labute approximate surface area is 160 Å². The third-order valence-electron chi connectivity index (χ3n) is 4.76. The Morgan fingerprint density at radius 3 is 2.63 bits per heavy atom. The highest BCUT2D eigenvalue weighted by Crippen LogP contribution is 2.53. The zero-order valence-electron chi connectivity index (χ0n) is 14.9. The Hall–Kier alpha value is -2.74. The van der Waals surface area contributed by atoms with Crippen LogP contribution in [0.1, 0.15) is 23.7 Å². The minimum Gasteiger partial charge on any atom is -0.496 e. The molecule has 0 unspecified atom stereocenters. The Morgan fingerprint density at radius 2 is 2.04 bits per heavy atom. The summed E-state index contributed by atoms with van der Waals surface area (Å²) in [5.74, 6) is -1.82. The Kier molecular flexibility index (Phi) is 4.77. The van der Waals surface area contributed by atoms with Crippen molar-refractivity contribution in [3.63, 3.8) is 0 Å². The van der Waals surface area contributed by atoms with Gasteiger partial charge in [0.15, 0.2) is 11.5 Å². The number of carbonyl (C=O) groups is 3. The van der Waals surface area contributed by atoms with Crippen molar-refractivity contribution < 1.29 is 33.7 Å². The molecule has 0 bridgehead atoms. The average molecular weight is 396 g/mol. The molecule has 0 saturated carbocycles. The van der Waals surface area contributed by atoms with Gasteiger partial charge in [0.25, 0.3) is 0 Å². The van der Waals surface area contributed by atoms with E-state index in [4.69, 9.17) is 30.9 Å². The molecule has 2 atom stereocenters. The number of hydrogen-bond acceptors (Lipinski definition) is 7. The van der Waals surface area contributed by atoms with Gasteiger partial charge in [-0.2, -0.15) is 0 Å². The van der Waals surface area contributed by atoms with Crippen LogP contribution in [-0.4, -0.2) is 49.0 Å². The van der Waals surface area contributed by atoms with Crippen molar-refractivity contribution in [3.8, 4) is 17.2 Å². The Bertz CT molecular complexity index is 879. The topological polar surface area (TPSA) is 111 Å². The lowest BCUT2D eigenvalue weighted by molar-refractivity contribution is -0.136. The number of allylic oxidation sites excluding steroid dienone is 1. The number of carboxylic acid groups (broad SMARTS) is 1. The number of carbonyl (C=O) groups excluding carboxylic acids is 2. The van der Waals surface area contributed by atoms with Gasteiger partial charge in [-0.05, 0) is 0 Å². The molecule has 0 amide bonds.